The highest BCUT2D eigenvalue weighted by molar-refractivity contribution is 5.36. The van der Waals surface area contributed by atoms with Gasteiger partial charge in [-0.25, -0.2) is 9.50 Å². The van der Waals surface area contributed by atoms with Crippen LogP contribution in [-0.2, 0) is 0 Å². The number of imidazole rings is 1. The molecule has 0 aliphatic rings. The Hall–Kier alpha value is -1.69. The van der Waals surface area contributed by atoms with Crippen molar-refractivity contribution in [1.29, 1.82) is 0 Å². The van der Waals surface area contributed by atoms with Crippen LogP contribution in [0.3, 0.4) is 0 Å². The molecule has 6 heteroatoms. The molecule has 2 aromatic rings. The second-order valence-electron chi connectivity index (χ2n) is 3.33. The summed E-state index contributed by atoms with van der Waals surface area (Å²) in [6.45, 7) is 2.58. The normalized spacial score (nSPS) is 13.0. The van der Waals surface area contributed by atoms with E-state index in [4.69, 9.17) is 10.5 Å². The number of nitrogens with two attached hydrogens (primary N) is 1. The van der Waals surface area contributed by atoms with Crippen molar-refractivity contribution in [2.75, 3.05) is 13.7 Å². The topological polar surface area (TPSA) is 78.3 Å². The zero-order valence-electron chi connectivity index (χ0n) is 8.71. The van der Waals surface area contributed by atoms with Crippen molar-refractivity contribution in [1.82, 2.24) is 19.6 Å². The Balaban J connectivity index is 2.56. The van der Waals surface area contributed by atoms with Gasteiger partial charge in [-0.3, -0.25) is 0 Å². The molecule has 2 N–H and O–H groups in total. The summed E-state index contributed by atoms with van der Waals surface area (Å²) in [6.07, 6.45) is 3.39. The van der Waals surface area contributed by atoms with Gasteiger partial charge in [0, 0.05) is 12.5 Å². The van der Waals surface area contributed by atoms with Crippen molar-refractivity contribution in [3.63, 3.8) is 0 Å². The maximum Gasteiger partial charge on any atom is 0.334 e. The van der Waals surface area contributed by atoms with E-state index >= 15 is 0 Å². The second kappa shape index (κ2) is 3.82. The first-order valence-electron chi connectivity index (χ1n) is 4.71. The van der Waals surface area contributed by atoms with Gasteiger partial charge in [0.1, 0.15) is 0 Å². The number of hydrogen-bond donors (Lipinski definition) is 1. The monoisotopic (exact) mass is 207 g/mol. The number of hydrogen-bond acceptors (Lipinski definition) is 5. The number of ether oxygens (including phenoxy) is 1. The second-order valence-corrected chi connectivity index (χ2v) is 3.33. The molecule has 0 fully saturated rings. The first-order valence-corrected chi connectivity index (χ1v) is 4.71. The minimum Gasteiger partial charge on any atom is -0.466 e. The summed E-state index contributed by atoms with van der Waals surface area (Å²) in [7, 11) is 1.53. The first kappa shape index (κ1) is 9.85. The van der Waals surface area contributed by atoms with Crippen LogP contribution < -0.4 is 10.5 Å². The van der Waals surface area contributed by atoms with Gasteiger partial charge in [-0.05, 0) is 0 Å². The van der Waals surface area contributed by atoms with E-state index in [9.17, 15) is 0 Å². The molecule has 0 spiro atoms. The predicted molar refractivity (Wildman–Crippen MR) is 54.8 cm³/mol. The maximum absolute atomic E-state index is 5.61. The summed E-state index contributed by atoms with van der Waals surface area (Å²) in [5.74, 6) is 0.208. The van der Waals surface area contributed by atoms with Crippen molar-refractivity contribution in [3.05, 3.63) is 18.1 Å². The van der Waals surface area contributed by atoms with Crippen LogP contribution in [0.15, 0.2) is 12.4 Å². The molecule has 15 heavy (non-hydrogen) atoms. The Bertz CT molecular complexity index is 466. The van der Waals surface area contributed by atoms with Gasteiger partial charge < -0.3 is 10.5 Å². The van der Waals surface area contributed by atoms with Gasteiger partial charge in [-0.15, -0.1) is 5.10 Å². The standard InChI is InChI=1S/C9H13N5O/c1-6(3-10)7-4-11-8-5-12-9(15-2)13-14(7)8/h4-6H,3,10H2,1-2H3. The highest BCUT2D eigenvalue weighted by atomic mass is 16.5. The van der Waals surface area contributed by atoms with Crippen LogP contribution in [-0.4, -0.2) is 33.2 Å². The average Bonchev–Trinajstić information content (AvgIpc) is 2.70. The summed E-state index contributed by atoms with van der Waals surface area (Å²) < 4.78 is 6.67. The summed E-state index contributed by atoms with van der Waals surface area (Å²) in [6, 6.07) is 0.325. The molecule has 2 aromatic heterocycles. The fraction of sp³-hybridized carbons (Fsp3) is 0.444. The van der Waals surface area contributed by atoms with Crippen molar-refractivity contribution >= 4 is 5.65 Å². The third-order valence-corrected chi connectivity index (χ3v) is 2.31. The van der Waals surface area contributed by atoms with Crippen LogP contribution >= 0.6 is 0 Å². The Labute approximate surface area is 87.1 Å². The molecule has 6 nitrogen and oxygen atoms in total. The molecule has 2 heterocycles. The summed E-state index contributed by atoms with van der Waals surface area (Å²) in [5, 5.41) is 4.19. The van der Waals surface area contributed by atoms with Crippen LogP contribution in [0.2, 0.25) is 0 Å². The predicted octanol–water partition coefficient (Wildman–Crippen LogP) is 0.195. The van der Waals surface area contributed by atoms with E-state index < -0.39 is 0 Å². The number of aromatic nitrogens is 4. The minimum atomic E-state index is 0.208. The van der Waals surface area contributed by atoms with Crippen LogP contribution in [0.1, 0.15) is 18.5 Å². The molecule has 1 atom stereocenters. The van der Waals surface area contributed by atoms with Crippen molar-refractivity contribution in [2.45, 2.75) is 12.8 Å². The van der Waals surface area contributed by atoms with E-state index in [0.717, 1.165) is 5.69 Å². The lowest BCUT2D eigenvalue weighted by Gasteiger charge is -2.07. The van der Waals surface area contributed by atoms with Gasteiger partial charge in [0.25, 0.3) is 0 Å². The zero-order valence-corrected chi connectivity index (χ0v) is 8.71. The largest absolute Gasteiger partial charge is 0.466 e. The van der Waals surface area contributed by atoms with Gasteiger partial charge in [0.15, 0.2) is 5.65 Å². The van der Waals surface area contributed by atoms with Gasteiger partial charge in [0.2, 0.25) is 0 Å². The molecule has 0 aliphatic carbocycles. The van der Waals surface area contributed by atoms with Crippen LogP contribution in [0.4, 0.5) is 0 Å². The van der Waals surface area contributed by atoms with Crippen molar-refractivity contribution in [3.8, 4) is 6.01 Å². The highest BCUT2D eigenvalue weighted by Gasteiger charge is 2.11. The van der Waals surface area contributed by atoms with E-state index in [2.05, 4.69) is 15.1 Å². The summed E-state index contributed by atoms with van der Waals surface area (Å²) >= 11 is 0. The van der Waals surface area contributed by atoms with Crippen LogP contribution in [0, 0.1) is 0 Å². The Morgan fingerprint density at radius 1 is 1.47 bits per heavy atom. The van der Waals surface area contributed by atoms with E-state index in [1.807, 2.05) is 6.92 Å². The number of methoxy groups -OCH3 is 1. The summed E-state index contributed by atoms with van der Waals surface area (Å²) in [4.78, 5) is 8.17. The van der Waals surface area contributed by atoms with Gasteiger partial charge in [-0.2, -0.15) is 4.98 Å². The molecule has 1 unspecified atom stereocenters. The first-order chi connectivity index (χ1) is 7.26. The Morgan fingerprint density at radius 2 is 2.27 bits per heavy atom. The van der Waals surface area contributed by atoms with Crippen LogP contribution in [0.25, 0.3) is 5.65 Å². The lowest BCUT2D eigenvalue weighted by molar-refractivity contribution is 0.370. The maximum atomic E-state index is 5.61. The molecule has 0 bridgehead atoms. The minimum absolute atomic E-state index is 0.208. The Morgan fingerprint density at radius 3 is 2.93 bits per heavy atom. The van der Waals surface area contributed by atoms with E-state index in [1.54, 1.807) is 16.9 Å². The molecule has 0 aromatic carbocycles. The van der Waals surface area contributed by atoms with Crippen molar-refractivity contribution in [2.24, 2.45) is 5.73 Å². The number of fused-ring (bicyclic) bond motifs is 1. The quantitative estimate of drug-likeness (QED) is 0.777. The van der Waals surface area contributed by atoms with E-state index in [-0.39, 0.29) is 5.92 Å². The SMILES string of the molecule is COc1ncc2ncc(C(C)CN)n2n1. The third kappa shape index (κ3) is 1.63. The smallest absolute Gasteiger partial charge is 0.334 e. The van der Waals surface area contributed by atoms with Gasteiger partial charge >= 0.3 is 6.01 Å². The molecule has 0 saturated heterocycles. The van der Waals surface area contributed by atoms with Crippen LogP contribution in [0.5, 0.6) is 6.01 Å². The number of nitrogens with zero attached hydrogens (tertiary/aromatic N) is 4. The van der Waals surface area contributed by atoms with E-state index in [0.29, 0.717) is 18.2 Å². The molecule has 0 amide bonds. The molecule has 0 saturated carbocycles. The Kier molecular flexibility index (Phi) is 2.51. The highest BCUT2D eigenvalue weighted by Crippen LogP contribution is 2.15. The fourth-order valence-corrected chi connectivity index (χ4v) is 1.35. The molecule has 0 radical (unpaired) electrons. The van der Waals surface area contributed by atoms with E-state index in [1.165, 1.54) is 7.11 Å². The molecule has 80 valence electrons. The lowest BCUT2D eigenvalue weighted by Crippen LogP contribution is -2.12. The van der Waals surface area contributed by atoms with Crippen molar-refractivity contribution < 1.29 is 4.74 Å². The molecule has 2 rings (SSSR count). The third-order valence-electron chi connectivity index (χ3n) is 2.31. The lowest BCUT2D eigenvalue weighted by atomic mass is 10.1. The van der Waals surface area contributed by atoms with Gasteiger partial charge in [0.05, 0.1) is 25.2 Å². The summed E-state index contributed by atoms with van der Waals surface area (Å²) in [5.41, 5.74) is 7.28. The average molecular weight is 207 g/mol. The molecular formula is C9H13N5O. The zero-order chi connectivity index (χ0) is 10.8. The van der Waals surface area contributed by atoms with Gasteiger partial charge in [-0.1, -0.05) is 6.92 Å². The molecule has 0 aliphatic heterocycles. The molecular weight excluding hydrogens is 194 g/mol. The fourth-order valence-electron chi connectivity index (χ4n) is 1.35. The number of rotatable bonds is 3.